The van der Waals surface area contributed by atoms with Gasteiger partial charge in [-0.1, -0.05) is 48.9 Å². The van der Waals surface area contributed by atoms with Gasteiger partial charge >= 0.3 is 0 Å². The van der Waals surface area contributed by atoms with Gasteiger partial charge in [-0.15, -0.1) is 0 Å². The normalized spacial score (nSPS) is 12.3. The molecular weight excluding hydrogens is 273 g/mol. The lowest BCUT2D eigenvalue weighted by Gasteiger charge is -2.19. The van der Waals surface area contributed by atoms with Gasteiger partial charge in [0.05, 0.1) is 0 Å². The van der Waals surface area contributed by atoms with Gasteiger partial charge in [0.2, 0.25) is 0 Å². The van der Waals surface area contributed by atoms with Crippen molar-refractivity contribution in [3.05, 3.63) is 70.5 Å². The summed E-state index contributed by atoms with van der Waals surface area (Å²) >= 11 is 6.30. The van der Waals surface area contributed by atoms with Gasteiger partial charge in [0.1, 0.15) is 5.82 Å². The summed E-state index contributed by atoms with van der Waals surface area (Å²) in [7, 11) is 0. The molecule has 106 valence electrons. The zero-order valence-electron chi connectivity index (χ0n) is 11.6. The van der Waals surface area contributed by atoms with Gasteiger partial charge in [-0.05, 0) is 42.3 Å². The molecule has 1 N–H and O–H groups in total. The van der Waals surface area contributed by atoms with Gasteiger partial charge < -0.3 is 5.32 Å². The first kappa shape index (κ1) is 15.0. The highest BCUT2D eigenvalue weighted by molar-refractivity contribution is 6.31. The number of hydrogen-bond acceptors (Lipinski definition) is 1. The fourth-order valence-electron chi connectivity index (χ4n) is 2.32. The third-order valence-corrected chi connectivity index (χ3v) is 3.73. The van der Waals surface area contributed by atoms with Crippen LogP contribution in [0.5, 0.6) is 0 Å². The molecule has 0 aromatic heterocycles. The molecule has 2 aromatic rings. The molecule has 0 radical (unpaired) electrons. The highest BCUT2D eigenvalue weighted by Crippen LogP contribution is 2.27. The van der Waals surface area contributed by atoms with Gasteiger partial charge in [-0.2, -0.15) is 0 Å². The summed E-state index contributed by atoms with van der Waals surface area (Å²) in [5.41, 5.74) is 2.26. The fraction of sp³-hybridized carbons (Fsp3) is 0.294. The molecule has 0 aliphatic heterocycles. The SMILES string of the molecule is CCNCC(Cc1ccc(F)cc1)c1ccccc1Cl. The van der Waals surface area contributed by atoms with E-state index < -0.39 is 0 Å². The van der Waals surface area contributed by atoms with Crippen molar-refractivity contribution in [2.45, 2.75) is 19.3 Å². The Morgan fingerprint density at radius 3 is 2.45 bits per heavy atom. The number of likely N-dealkylation sites (N-methyl/N-ethyl adjacent to an activating group) is 1. The zero-order valence-corrected chi connectivity index (χ0v) is 12.3. The zero-order chi connectivity index (χ0) is 14.4. The first-order chi connectivity index (χ1) is 9.70. The molecule has 0 fully saturated rings. The smallest absolute Gasteiger partial charge is 0.123 e. The third kappa shape index (κ3) is 4.06. The van der Waals surface area contributed by atoms with Gasteiger partial charge in [0.15, 0.2) is 0 Å². The third-order valence-electron chi connectivity index (χ3n) is 3.38. The maximum absolute atomic E-state index is 13.0. The second kappa shape index (κ2) is 7.41. The van der Waals surface area contributed by atoms with Crippen LogP contribution in [-0.2, 0) is 6.42 Å². The predicted molar refractivity (Wildman–Crippen MR) is 82.8 cm³/mol. The Morgan fingerprint density at radius 2 is 1.80 bits per heavy atom. The van der Waals surface area contributed by atoms with E-state index in [1.165, 1.54) is 12.1 Å². The molecule has 1 nitrogen and oxygen atoms in total. The summed E-state index contributed by atoms with van der Waals surface area (Å²) in [6.07, 6.45) is 0.844. The second-order valence-electron chi connectivity index (χ2n) is 4.86. The van der Waals surface area contributed by atoms with Crippen molar-refractivity contribution in [2.75, 3.05) is 13.1 Å². The van der Waals surface area contributed by atoms with Crippen molar-refractivity contribution in [1.29, 1.82) is 0 Å². The van der Waals surface area contributed by atoms with Crippen molar-refractivity contribution in [3.8, 4) is 0 Å². The maximum Gasteiger partial charge on any atom is 0.123 e. The lowest BCUT2D eigenvalue weighted by Crippen LogP contribution is -2.23. The molecule has 3 heteroatoms. The van der Waals surface area contributed by atoms with Crippen molar-refractivity contribution >= 4 is 11.6 Å². The summed E-state index contributed by atoms with van der Waals surface area (Å²) in [4.78, 5) is 0. The van der Waals surface area contributed by atoms with E-state index in [4.69, 9.17) is 11.6 Å². The minimum absolute atomic E-state index is 0.199. The van der Waals surface area contributed by atoms with E-state index in [1.54, 1.807) is 0 Å². The molecule has 0 aliphatic carbocycles. The van der Waals surface area contributed by atoms with Gasteiger partial charge in [0.25, 0.3) is 0 Å². The lowest BCUT2D eigenvalue weighted by atomic mass is 9.92. The molecule has 1 atom stereocenters. The largest absolute Gasteiger partial charge is 0.316 e. The molecule has 0 heterocycles. The fourth-order valence-corrected chi connectivity index (χ4v) is 2.61. The van der Waals surface area contributed by atoms with E-state index in [-0.39, 0.29) is 11.7 Å². The lowest BCUT2D eigenvalue weighted by molar-refractivity contribution is 0.592. The van der Waals surface area contributed by atoms with Crippen LogP contribution in [0, 0.1) is 5.82 Å². The summed E-state index contributed by atoms with van der Waals surface area (Å²) in [6, 6.07) is 14.6. The van der Waals surface area contributed by atoms with Crippen molar-refractivity contribution in [3.63, 3.8) is 0 Å². The van der Waals surface area contributed by atoms with Crippen LogP contribution in [0.2, 0.25) is 5.02 Å². The highest BCUT2D eigenvalue weighted by Gasteiger charge is 2.14. The molecule has 0 saturated carbocycles. The van der Waals surface area contributed by atoms with Crippen LogP contribution in [0.4, 0.5) is 4.39 Å². The first-order valence-corrected chi connectivity index (χ1v) is 7.28. The van der Waals surface area contributed by atoms with Crippen LogP contribution in [0.3, 0.4) is 0 Å². The predicted octanol–water partition coefficient (Wildman–Crippen LogP) is 4.41. The van der Waals surface area contributed by atoms with Crippen LogP contribution >= 0.6 is 11.6 Å². The van der Waals surface area contributed by atoms with Gasteiger partial charge in [-0.25, -0.2) is 4.39 Å². The van der Waals surface area contributed by atoms with Crippen molar-refractivity contribution in [2.24, 2.45) is 0 Å². The van der Waals surface area contributed by atoms with Crippen molar-refractivity contribution in [1.82, 2.24) is 5.32 Å². The number of hydrogen-bond donors (Lipinski definition) is 1. The molecule has 0 amide bonds. The Balaban J connectivity index is 2.19. The quantitative estimate of drug-likeness (QED) is 0.831. The van der Waals surface area contributed by atoms with Gasteiger partial charge in [0, 0.05) is 17.5 Å². The van der Waals surface area contributed by atoms with Crippen LogP contribution < -0.4 is 5.32 Å². The number of nitrogens with one attached hydrogen (secondary N) is 1. The Hall–Kier alpha value is -1.38. The maximum atomic E-state index is 13.0. The monoisotopic (exact) mass is 291 g/mol. The molecule has 2 rings (SSSR count). The molecule has 0 saturated heterocycles. The molecule has 20 heavy (non-hydrogen) atoms. The van der Waals surface area contributed by atoms with Crippen molar-refractivity contribution < 1.29 is 4.39 Å². The topological polar surface area (TPSA) is 12.0 Å². The van der Waals surface area contributed by atoms with Crippen LogP contribution in [0.1, 0.15) is 24.0 Å². The Kier molecular flexibility index (Phi) is 5.57. The van der Waals surface area contributed by atoms with Crippen LogP contribution in [0.25, 0.3) is 0 Å². The number of benzene rings is 2. The minimum atomic E-state index is -0.199. The molecule has 0 bridgehead atoms. The van der Waals surface area contributed by atoms with E-state index in [1.807, 2.05) is 30.3 Å². The highest BCUT2D eigenvalue weighted by atomic mass is 35.5. The van der Waals surface area contributed by atoms with E-state index in [0.29, 0.717) is 0 Å². The van der Waals surface area contributed by atoms with Crippen LogP contribution in [0.15, 0.2) is 48.5 Å². The Bertz CT molecular complexity index is 539. The number of rotatable bonds is 6. The standard InChI is InChI=1S/C17H19ClFN/c1-2-20-12-14(16-5-3-4-6-17(16)18)11-13-7-9-15(19)10-8-13/h3-10,14,20H,2,11-12H2,1H3. The molecule has 0 aliphatic rings. The Morgan fingerprint density at radius 1 is 1.10 bits per heavy atom. The van der Waals surface area contributed by atoms with Crippen LogP contribution in [-0.4, -0.2) is 13.1 Å². The molecule has 2 aromatic carbocycles. The number of halogens is 2. The van der Waals surface area contributed by atoms with Gasteiger partial charge in [-0.3, -0.25) is 0 Å². The first-order valence-electron chi connectivity index (χ1n) is 6.90. The molecule has 1 unspecified atom stereocenters. The summed E-state index contributed by atoms with van der Waals surface area (Å²) < 4.78 is 13.0. The average molecular weight is 292 g/mol. The Labute approximate surface area is 124 Å². The summed E-state index contributed by atoms with van der Waals surface area (Å²) in [6.45, 7) is 3.86. The minimum Gasteiger partial charge on any atom is -0.316 e. The van der Waals surface area contributed by atoms with E-state index in [0.717, 1.165) is 35.7 Å². The summed E-state index contributed by atoms with van der Waals surface area (Å²) in [5, 5.41) is 4.16. The van der Waals surface area contributed by atoms with E-state index >= 15 is 0 Å². The molecular formula is C17H19ClFN. The summed E-state index contributed by atoms with van der Waals surface area (Å²) in [5.74, 6) is 0.0869. The molecule has 0 spiro atoms. The van der Waals surface area contributed by atoms with E-state index in [9.17, 15) is 4.39 Å². The second-order valence-corrected chi connectivity index (χ2v) is 5.26. The van der Waals surface area contributed by atoms with E-state index in [2.05, 4.69) is 18.3 Å². The average Bonchev–Trinajstić information content (AvgIpc) is 2.46.